The number of halogens is 2. The molecular formula is C27H22Cl2N4O3S. The molecule has 0 saturated carbocycles. The summed E-state index contributed by atoms with van der Waals surface area (Å²) >= 11 is 18.3. The van der Waals surface area contributed by atoms with Gasteiger partial charge in [0.15, 0.2) is 5.11 Å². The van der Waals surface area contributed by atoms with Crippen molar-refractivity contribution in [2.24, 2.45) is 0 Å². The van der Waals surface area contributed by atoms with Crippen molar-refractivity contribution in [1.29, 1.82) is 0 Å². The monoisotopic (exact) mass is 552 g/mol. The molecule has 2 aromatic carbocycles. The molecule has 3 heterocycles. The van der Waals surface area contributed by atoms with E-state index in [9.17, 15) is 4.79 Å². The second-order valence-corrected chi connectivity index (χ2v) is 9.62. The zero-order valence-electron chi connectivity index (χ0n) is 19.9. The van der Waals surface area contributed by atoms with Crippen molar-refractivity contribution in [3.63, 3.8) is 0 Å². The minimum Gasteiger partial charge on any atom is -0.495 e. The Morgan fingerprint density at radius 2 is 1.97 bits per heavy atom. The van der Waals surface area contributed by atoms with Crippen LogP contribution in [0.3, 0.4) is 0 Å². The van der Waals surface area contributed by atoms with Crippen LogP contribution in [0.5, 0.6) is 5.75 Å². The number of nitrogens with zero attached hydrogens (tertiary/aromatic N) is 2. The van der Waals surface area contributed by atoms with Crippen LogP contribution in [0.15, 0.2) is 77.3 Å². The van der Waals surface area contributed by atoms with E-state index in [0.717, 1.165) is 16.9 Å². The van der Waals surface area contributed by atoms with Gasteiger partial charge >= 0.3 is 0 Å². The van der Waals surface area contributed by atoms with Crippen molar-refractivity contribution >= 4 is 57.8 Å². The Labute approximate surface area is 229 Å². The summed E-state index contributed by atoms with van der Waals surface area (Å²) < 4.78 is 11.8. The fourth-order valence-corrected chi connectivity index (χ4v) is 5.25. The van der Waals surface area contributed by atoms with Crippen molar-refractivity contribution in [1.82, 2.24) is 10.3 Å². The summed E-state index contributed by atoms with van der Waals surface area (Å²) in [6.07, 6.45) is 1.74. The summed E-state index contributed by atoms with van der Waals surface area (Å²) in [5.74, 6) is 1.58. The van der Waals surface area contributed by atoms with Crippen molar-refractivity contribution in [2.45, 2.75) is 19.0 Å². The van der Waals surface area contributed by atoms with Crippen LogP contribution in [-0.2, 0) is 4.79 Å². The lowest BCUT2D eigenvalue weighted by molar-refractivity contribution is -0.114. The fourth-order valence-electron chi connectivity index (χ4n) is 4.40. The smallest absolute Gasteiger partial charge is 0.221 e. The number of carbonyl (C=O) groups excluding carboxylic acids is 1. The molecule has 1 fully saturated rings. The molecule has 0 bridgehead atoms. The number of ether oxygens (including phenoxy) is 1. The highest BCUT2D eigenvalue weighted by atomic mass is 35.5. The maximum Gasteiger partial charge on any atom is 0.221 e. The number of nitrogens with one attached hydrogen (secondary N) is 2. The van der Waals surface area contributed by atoms with Gasteiger partial charge in [-0.1, -0.05) is 29.3 Å². The molecular weight excluding hydrogens is 531 g/mol. The molecule has 37 heavy (non-hydrogen) atoms. The lowest BCUT2D eigenvalue weighted by Crippen LogP contribution is -2.29. The van der Waals surface area contributed by atoms with Gasteiger partial charge < -0.3 is 24.7 Å². The van der Waals surface area contributed by atoms with Gasteiger partial charge in [-0.3, -0.25) is 9.78 Å². The van der Waals surface area contributed by atoms with Crippen LogP contribution in [0.1, 0.15) is 30.5 Å². The summed E-state index contributed by atoms with van der Waals surface area (Å²) in [5, 5.41) is 7.74. The molecule has 1 aliphatic rings. The Morgan fingerprint density at radius 1 is 1.14 bits per heavy atom. The summed E-state index contributed by atoms with van der Waals surface area (Å²) in [5.41, 5.74) is 2.80. The molecule has 0 aliphatic carbocycles. The second kappa shape index (κ2) is 10.4. The highest BCUT2D eigenvalue weighted by Crippen LogP contribution is 2.44. The number of benzene rings is 2. The molecule has 0 radical (unpaired) electrons. The van der Waals surface area contributed by atoms with E-state index in [1.54, 1.807) is 31.5 Å². The largest absolute Gasteiger partial charge is 0.495 e. The third-order valence-electron chi connectivity index (χ3n) is 5.98. The Morgan fingerprint density at radius 3 is 2.68 bits per heavy atom. The molecule has 7 nitrogen and oxygen atoms in total. The van der Waals surface area contributed by atoms with Gasteiger partial charge in [-0.15, -0.1) is 0 Å². The average Bonchev–Trinajstić information content (AvgIpc) is 3.48. The second-order valence-electron chi connectivity index (χ2n) is 8.39. The lowest BCUT2D eigenvalue weighted by atomic mass is 10.0. The van der Waals surface area contributed by atoms with Crippen molar-refractivity contribution in [3.8, 4) is 17.1 Å². The van der Waals surface area contributed by atoms with Crippen molar-refractivity contribution in [3.05, 3.63) is 94.4 Å². The summed E-state index contributed by atoms with van der Waals surface area (Å²) in [7, 11) is 1.55. The van der Waals surface area contributed by atoms with E-state index in [1.807, 2.05) is 53.4 Å². The molecule has 2 aromatic heterocycles. The van der Waals surface area contributed by atoms with Gasteiger partial charge in [0.1, 0.15) is 23.3 Å². The van der Waals surface area contributed by atoms with Gasteiger partial charge in [0, 0.05) is 29.4 Å². The minimum absolute atomic E-state index is 0.212. The van der Waals surface area contributed by atoms with Crippen molar-refractivity contribution < 1.29 is 13.9 Å². The first-order valence-corrected chi connectivity index (χ1v) is 12.5. The first-order valence-electron chi connectivity index (χ1n) is 11.4. The zero-order chi connectivity index (χ0) is 26.1. The van der Waals surface area contributed by atoms with Gasteiger partial charge in [-0.2, -0.15) is 0 Å². The van der Waals surface area contributed by atoms with Crippen LogP contribution in [-0.4, -0.2) is 23.1 Å². The summed E-state index contributed by atoms with van der Waals surface area (Å²) in [4.78, 5) is 18.3. The third-order valence-corrected chi connectivity index (χ3v) is 6.85. The van der Waals surface area contributed by atoms with Gasteiger partial charge in [0.2, 0.25) is 5.91 Å². The Kier molecular flexibility index (Phi) is 7.06. The Balaban J connectivity index is 1.61. The molecule has 5 rings (SSSR count). The number of hydrogen-bond acceptors (Lipinski definition) is 5. The first kappa shape index (κ1) is 25.1. The van der Waals surface area contributed by atoms with E-state index in [4.69, 9.17) is 44.6 Å². The average molecular weight is 553 g/mol. The number of furan rings is 1. The summed E-state index contributed by atoms with van der Waals surface area (Å²) in [6.45, 7) is 1.44. The van der Waals surface area contributed by atoms with E-state index >= 15 is 0 Å². The van der Waals surface area contributed by atoms with Gasteiger partial charge in [0.05, 0.1) is 29.6 Å². The number of thiocarbonyl (C=S) groups is 1. The number of rotatable bonds is 6. The molecule has 2 atom stereocenters. The number of amides is 1. The minimum atomic E-state index is -0.388. The van der Waals surface area contributed by atoms with Crippen molar-refractivity contribution in [2.75, 3.05) is 17.3 Å². The van der Waals surface area contributed by atoms with E-state index in [2.05, 4.69) is 15.6 Å². The standard InChI is InChI=1S/C27H22Cl2N4O3S/c1-15(34)31-21-14-17(7-9-23(21)35-2)33-26(25(32-27(33)37)20-5-3-4-12-30-20)24-11-10-22(36-24)18-8-6-16(28)13-19(18)29/h3-14,25-26H,1-2H3,(H,31,34)(H,32,37)/t25-,26-/m0/s1. The molecule has 1 saturated heterocycles. The van der Waals surface area contributed by atoms with Gasteiger partial charge in [-0.25, -0.2) is 0 Å². The quantitative estimate of drug-likeness (QED) is 0.255. The van der Waals surface area contributed by atoms with Crippen LogP contribution < -0.4 is 20.3 Å². The molecule has 0 spiro atoms. The lowest BCUT2D eigenvalue weighted by Gasteiger charge is -2.27. The maximum atomic E-state index is 11.8. The van der Waals surface area contributed by atoms with E-state index in [-0.39, 0.29) is 18.0 Å². The molecule has 0 unspecified atom stereocenters. The highest BCUT2D eigenvalue weighted by molar-refractivity contribution is 7.80. The molecule has 1 aliphatic heterocycles. The molecule has 10 heteroatoms. The maximum absolute atomic E-state index is 11.8. The molecule has 1 amide bonds. The Hall–Kier alpha value is -3.59. The van der Waals surface area contributed by atoms with Crippen LogP contribution in [0, 0.1) is 0 Å². The number of carbonyl (C=O) groups is 1. The van der Waals surface area contributed by atoms with E-state index < -0.39 is 0 Å². The number of anilines is 2. The van der Waals surface area contributed by atoms with Crippen LogP contribution >= 0.6 is 35.4 Å². The highest BCUT2D eigenvalue weighted by Gasteiger charge is 2.42. The predicted octanol–water partition coefficient (Wildman–Crippen LogP) is 6.79. The molecule has 4 aromatic rings. The summed E-state index contributed by atoms with van der Waals surface area (Å²) in [6, 6.07) is 19.6. The molecule has 188 valence electrons. The van der Waals surface area contributed by atoms with Crippen LogP contribution in [0.25, 0.3) is 11.3 Å². The van der Waals surface area contributed by atoms with Gasteiger partial charge in [-0.05, 0) is 72.9 Å². The first-order chi connectivity index (χ1) is 17.9. The predicted molar refractivity (Wildman–Crippen MR) is 149 cm³/mol. The number of hydrogen-bond donors (Lipinski definition) is 2. The normalized spacial score (nSPS) is 17.0. The SMILES string of the molecule is COc1ccc(N2C(=S)N[C@@H](c3ccccn3)[C@@H]2c2ccc(-c3ccc(Cl)cc3Cl)o2)cc1NC(C)=O. The Bertz CT molecular complexity index is 1480. The fraction of sp³-hybridized carbons (Fsp3) is 0.148. The van der Waals surface area contributed by atoms with Gasteiger partial charge in [0.25, 0.3) is 0 Å². The molecule has 2 N–H and O–H groups in total. The third kappa shape index (κ3) is 5.00. The van der Waals surface area contributed by atoms with Crippen LogP contribution in [0.4, 0.5) is 11.4 Å². The number of aromatic nitrogens is 1. The number of methoxy groups -OCH3 is 1. The zero-order valence-corrected chi connectivity index (χ0v) is 22.2. The van der Waals surface area contributed by atoms with E-state index in [1.165, 1.54) is 6.92 Å². The van der Waals surface area contributed by atoms with Crippen LogP contribution in [0.2, 0.25) is 10.0 Å². The van der Waals surface area contributed by atoms with E-state index in [0.29, 0.717) is 38.1 Å². The topological polar surface area (TPSA) is 79.6 Å². The number of pyridine rings is 1.